The highest BCUT2D eigenvalue weighted by atomic mass is 16.5. The van der Waals surface area contributed by atoms with Crippen molar-refractivity contribution in [3.05, 3.63) is 35.7 Å². The van der Waals surface area contributed by atoms with Gasteiger partial charge in [0.15, 0.2) is 5.69 Å². The van der Waals surface area contributed by atoms with E-state index in [2.05, 4.69) is 11.9 Å². The minimum Gasteiger partial charge on any atom is -0.497 e. The minimum atomic E-state index is -0.956. The fourth-order valence-corrected chi connectivity index (χ4v) is 2.88. The fraction of sp³-hybridized carbons (Fsp3) is 0.375. The normalized spacial score (nSPS) is 17.3. The van der Waals surface area contributed by atoms with Crippen LogP contribution < -0.4 is 4.74 Å². The monoisotopic (exact) mass is 286 g/mol. The Morgan fingerprint density at radius 3 is 3.00 bits per heavy atom. The third-order valence-corrected chi connectivity index (χ3v) is 3.97. The molecule has 0 aliphatic carbocycles. The number of hydrogen-bond acceptors (Lipinski definition) is 3. The quantitative estimate of drug-likeness (QED) is 0.942. The third-order valence-electron chi connectivity index (χ3n) is 3.97. The molecule has 1 aliphatic rings. The number of carboxylic acids is 1. The molecule has 1 atom stereocenters. The van der Waals surface area contributed by atoms with E-state index >= 15 is 0 Å². The van der Waals surface area contributed by atoms with Gasteiger partial charge >= 0.3 is 5.97 Å². The molecule has 0 saturated carbocycles. The Morgan fingerprint density at radius 1 is 1.48 bits per heavy atom. The topological polar surface area (TPSA) is 64.3 Å². The number of carboxylic acid groups (broad SMARTS) is 1. The lowest BCUT2D eigenvalue weighted by Crippen LogP contribution is -2.19. The lowest BCUT2D eigenvalue weighted by Gasteiger charge is -2.22. The van der Waals surface area contributed by atoms with Crippen molar-refractivity contribution in [3.63, 3.8) is 0 Å². The highest BCUT2D eigenvalue weighted by Gasteiger charge is 2.27. The van der Waals surface area contributed by atoms with E-state index < -0.39 is 5.97 Å². The molecule has 2 heterocycles. The predicted octanol–water partition coefficient (Wildman–Crippen LogP) is 2.84. The molecule has 0 amide bonds. The van der Waals surface area contributed by atoms with Crippen LogP contribution in [-0.4, -0.2) is 27.7 Å². The van der Waals surface area contributed by atoms with Crippen molar-refractivity contribution in [2.24, 2.45) is 5.92 Å². The Labute approximate surface area is 123 Å². The van der Waals surface area contributed by atoms with Crippen molar-refractivity contribution in [3.8, 4) is 17.1 Å². The third kappa shape index (κ3) is 2.39. The summed E-state index contributed by atoms with van der Waals surface area (Å²) in [5.74, 6) is 1.03. The molecular formula is C16H18N2O3. The molecular weight excluding hydrogens is 268 g/mol. The van der Waals surface area contributed by atoms with Gasteiger partial charge in [0.25, 0.3) is 0 Å². The van der Waals surface area contributed by atoms with Crippen molar-refractivity contribution in [1.29, 1.82) is 0 Å². The molecule has 1 aromatic heterocycles. The van der Waals surface area contributed by atoms with Crippen molar-refractivity contribution in [2.45, 2.75) is 26.3 Å². The zero-order chi connectivity index (χ0) is 15.0. The Kier molecular flexibility index (Phi) is 3.41. The maximum absolute atomic E-state index is 11.4. The number of aromatic nitrogens is 2. The fourth-order valence-electron chi connectivity index (χ4n) is 2.88. The van der Waals surface area contributed by atoms with E-state index in [1.165, 1.54) is 0 Å². The molecule has 1 unspecified atom stereocenters. The van der Waals surface area contributed by atoms with Crippen LogP contribution >= 0.6 is 0 Å². The van der Waals surface area contributed by atoms with E-state index in [4.69, 9.17) is 4.74 Å². The van der Waals surface area contributed by atoms with Gasteiger partial charge in [0.05, 0.1) is 12.8 Å². The molecule has 0 fully saturated rings. The number of rotatable bonds is 3. The van der Waals surface area contributed by atoms with Gasteiger partial charge in [-0.05, 0) is 30.9 Å². The second kappa shape index (κ2) is 5.24. The van der Waals surface area contributed by atoms with Crippen LogP contribution in [0.3, 0.4) is 0 Å². The molecule has 1 N–H and O–H groups in total. The van der Waals surface area contributed by atoms with Gasteiger partial charge in [-0.1, -0.05) is 19.1 Å². The van der Waals surface area contributed by atoms with Crippen molar-refractivity contribution < 1.29 is 14.6 Å². The first-order valence-electron chi connectivity index (χ1n) is 7.07. The maximum Gasteiger partial charge on any atom is 0.356 e. The van der Waals surface area contributed by atoms with Crippen molar-refractivity contribution in [2.75, 3.05) is 7.11 Å². The van der Waals surface area contributed by atoms with Gasteiger partial charge in [0, 0.05) is 12.1 Å². The van der Waals surface area contributed by atoms with E-state index in [0.29, 0.717) is 11.7 Å². The summed E-state index contributed by atoms with van der Waals surface area (Å²) in [5.41, 5.74) is 1.90. The molecule has 2 aromatic rings. The second-order valence-electron chi connectivity index (χ2n) is 5.52. The molecule has 3 rings (SSSR count). The summed E-state index contributed by atoms with van der Waals surface area (Å²) in [6.45, 7) is 2.99. The Bertz CT molecular complexity index is 691. The largest absolute Gasteiger partial charge is 0.497 e. The zero-order valence-corrected chi connectivity index (χ0v) is 12.2. The number of fused-ring (bicyclic) bond motifs is 1. The molecule has 0 saturated heterocycles. The smallest absolute Gasteiger partial charge is 0.356 e. The Hall–Kier alpha value is -2.30. The number of nitrogens with zero attached hydrogens (tertiary/aromatic N) is 2. The molecule has 0 radical (unpaired) electrons. The maximum atomic E-state index is 11.4. The van der Waals surface area contributed by atoms with Crippen LogP contribution in [0.15, 0.2) is 24.3 Å². The molecule has 5 nitrogen and oxygen atoms in total. The molecule has 1 aromatic carbocycles. The standard InChI is InChI=1S/C16H18N2O3/c1-10-6-7-13-14(16(19)20)17-15(18(13)9-10)11-4-3-5-12(8-11)21-2/h3-5,8,10H,6-7,9H2,1-2H3,(H,19,20). The Balaban J connectivity index is 2.15. The summed E-state index contributed by atoms with van der Waals surface area (Å²) in [7, 11) is 1.62. The Morgan fingerprint density at radius 2 is 2.29 bits per heavy atom. The van der Waals surface area contributed by atoms with Gasteiger partial charge in [0.1, 0.15) is 11.6 Å². The lowest BCUT2D eigenvalue weighted by molar-refractivity contribution is 0.0689. The molecule has 1 aliphatic heterocycles. The summed E-state index contributed by atoms with van der Waals surface area (Å²) < 4.78 is 7.29. The first kappa shape index (κ1) is 13.7. The van der Waals surface area contributed by atoms with E-state index in [1.54, 1.807) is 7.11 Å². The van der Waals surface area contributed by atoms with Crippen LogP contribution in [0.4, 0.5) is 0 Å². The molecule has 5 heteroatoms. The van der Waals surface area contributed by atoms with Crippen LogP contribution in [0.1, 0.15) is 29.5 Å². The molecule has 110 valence electrons. The zero-order valence-electron chi connectivity index (χ0n) is 12.2. The van der Waals surface area contributed by atoms with Crippen molar-refractivity contribution >= 4 is 5.97 Å². The molecule has 0 spiro atoms. The summed E-state index contributed by atoms with van der Waals surface area (Å²) in [5, 5.41) is 9.37. The number of imidazole rings is 1. The number of hydrogen-bond donors (Lipinski definition) is 1. The van der Waals surface area contributed by atoms with Gasteiger partial charge in [-0.15, -0.1) is 0 Å². The van der Waals surface area contributed by atoms with E-state index in [9.17, 15) is 9.90 Å². The van der Waals surface area contributed by atoms with Gasteiger partial charge in [-0.3, -0.25) is 0 Å². The van der Waals surface area contributed by atoms with E-state index in [1.807, 2.05) is 28.8 Å². The summed E-state index contributed by atoms with van der Waals surface area (Å²) in [6.07, 6.45) is 1.77. The number of carbonyl (C=O) groups is 1. The highest BCUT2D eigenvalue weighted by molar-refractivity contribution is 5.88. The van der Waals surface area contributed by atoms with Crippen LogP contribution in [0.25, 0.3) is 11.4 Å². The molecule has 21 heavy (non-hydrogen) atoms. The highest BCUT2D eigenvalue weighted by Crippen LogP contribution is 2.31. The van der Waals surface area contributed by atoms with Crippen LogP contribution in [0, 0.1) is 5.92 Å². The lowest BCUT2D eigenvalue weighted by atomic mass is 9.99. The SMILES string of the molecule is COc1cccc(-c2nc(C(=O)O)c3n2CC(C)CC3)c1. The van der Waals surface area contributed by atoms with Gasteiger partial charge < -0.3 is 14.4 Å². The number of methoxy groups -OCH3 is 1. The van der Waals surface area contributed by atoms with Crippen LogP contribution in [0.5, 0.6) is 5.75 Å². The number of benzene rings is 1. The summed E-state index contributed by atoms with van der Waals surface area (Å²) >= 11 is 0. The van der Waals surface area contributed by atoms with Crippen LogP contribution in [-0.2, 0) is 13.0 Å². The summed E-state index contributed by atoms with van der Waals surface area (Å²) in [4.78, 5) is 15.8. The number of ether oxygens (including phenoxy) is 1. The first-order chi connectivity index (χ1) is 10.1. The van der Waals surface area contributed by atoms with E-state index in [-0.39, 0.29) is 5.69 Å². The van der Waals surface area contributed by atoms with Gasteiger partial charge in [0.2, 0.25) is 0 Å². The average Bonchev–Trinajstić information content (AvgIpc) is 2.86. The predicted molar refractivity (Wildman–Crippen MR) is 78.7 cm³/mol. The molecule has 0 bridgehead atoms. The number of aromatic carboxylic acids is 1. The van der Waals surface area contributed by atoms with E-state index in [0.717, 1.165) is 36.4 Å². The average molecular weight is 286 g/mol. The van der Waals surface area contributed by atoms with Crippen LogP contribution in [0.2, 0.25) is 0 Å². The summed E-state index contributed by atoms with van der Waals surface area (Å²) in [6, 6.07) is 7.58. The van der Waals surface area contributed by atoms with Gasteiger partial charge in [-0.25, -0.2) is 9.78 Å². The minimum absolute atomic E-state index is 0.180. The van der Waals surface area contributed by atoms with Gasteiger partial charge in [-0.2, -0.15) is 0 Å². The first-order valence-corrected chi connectivity index (χ1v) is 7.07. The second-order valence-corrected chi connectivity index (χ2v) is 5.52. The van der Waals surface area contributed by atoms with Crippen molar-refractivity contribution in [1.82, 2.24) is 9.55 Å².